The largest absolute Gasteiger partial charge is 0.463 e. The third-order valence-corrected chi connectivity index (χ3v) is 33.0. The van der Waals surface area contributed by atoms with E-state index in [9.17, 15) is 53.7 Å². The summed E-state index contributed by atoms with van der Waals surface area (Å²) in [6.07, 6.45) is 31.1. The molecule has 18 aliphatic carbocycles. The van der Waals surface area contributed by atoms with Gasteiger partial charge in [0.25, 0.3) is 0 Å². The second kappa shape index (κ2) is 31.7. The minimum Gasteiger partial charge on any atom is -0.463 e. The van der Waals surface area contributed by atoms with E-state index in [-0.39, 0.29) is 98.9 Å². The average Bonchev–Trinajstić information content (AvgIpc) is 1.20. The van der Waals surface area contributed by atoms with E-state index >= 15 is 0 Å². The lowest BCUT2D eigenvalue weighted by Crippen LogP contribution is -2.67. The van der Waals surface area contributed by atoms with Gasteiger partial charge in [-0.25, -0.2) is 4.79 Å². The average molecular weight is 1570 g/mol. The molecule has 10 unspecified atom stereocenters. The second-order valence-corrected chi connectivity index (χ2v) is 44.4. The maximum Gasteiger partial charge on any atom is 0.347 e. The van der Waals surface area contributed by atoms with Crippen molar-refractivity contribution in [2.75, 3.05) is 6.61 Å². The van der Waals surface area contributed by atoms with Crippen molar-refractivity contribution in [2.24, 2.45) is 115 Å². The molecule has 0 radical (unpaired) electrons. The van der Waals surface area contributed by atoms with Gasteiger partial charge in [-0.2, -0.15) is 0 Å². The first-order chi connectivity index (χ1) is 51.8. The quantitative estimate of drug-likeness (QED) is 0.0755. The van der Waals surface area contributed by atoms with Gasteiger partial charge in [0.15, 0.2) is 0 Å². The van der Waals surface area contributed by atoms with Crippen LogP contribution in [0.4, 0.5) is 0 Å². The smallest absolute Gasteiger partial charge is 0.347 e. The molecule has 2 saturated heterocycles. The molecule has 0 aromatic heterocycles. The molecule has 0 aromatic carbocycles. The highest BCUT2D eigenvalue weighted by molar-refractivity contribution is 5.83. The number of esters is 8. The number of ether oxygens (including phenoxy) is 8. The normalized spacial score (nSPS) is 40.1. The molecular weight excluding hydrogens is 1420 g/mol. The molecule has 0 aromatic rings. The maximum atomic E-state index is 12.6. The molecule has 0 amide bonds. The number of carbonyl (C=O) groups is 8. The number of hydrogen-bond donors (Lipinski definition) is 3. The SMILES string of the molecule is CCC(C)(C)C(=O)OC(C)(C)C12CC3CC(CC(C3)C1)C2.CCC(C)(C)C(=O)OC1(CC)C2CC3CC(C2)CC1C3.CCC(C)(C)C(=O)OC12CC3CC(CC(O)(C3)C1)C2.CCC(C)(C)C(=O)OC12CC3CC(O)(CC(O)(C3)C1)C2.CCC(C)(C)C(=O)OC1C2CC3C(=O)OC1C3C2.CCC(C)(C)C(=O)OC1CCOC1=O. The highest BCUT2D eigenvalue weighted by Crippen LogP contribution is 2.67. The Hall–Kier alpha value is -4.36. The Labute approximate surface area is 672 Å². The van der Waals surface area contributed by atoms with Gasteiger partial charge in [0, 0.05) is 49.4 Å². The first kappa shape index (κ1) is 88.5. The number of hydrogen-bond acceptors (Lipinski definition) is 19. The summed E-state index contributed by atoms with van der Waals surface area (Å²) in [4.78, 5) is 96.3. The lowest BCUT2D eigenvalue weighted by atomic mass is 9.46. The molecule has 3 N–H and O–H groups in total. The van der Waals surface area contributed by atoms with Crippen molar-refractivity contribution in [3.8, 4) is 0 Å². The highest BCUT2D eigenvalue weighted by atomic mass is 16.6. The van der Waals surface area contributed by atoms with Gasteiger partial charge in [-0.15, -0.1) is 0 Å². The molecule has 2 heterocycles. The molecular formula is C93H150O19. The molecule has 112 heavy (non-hydrogen) atoms. The molecule has 18 saturated carbocycles. The number of rotatable bonds is 20. The van der Waals surface area contributed by atoms with Crippen LogP contribution in [0.25, 0.3) is 0 Å². The minimum atomic E-state index is -0.842. The molecule has 18 bridgehead atoms. The number of fused-ring (bicyclic) bond motifs is 1. The molecule has 2 aliphatic heterocycles. The van der Waals surface area contributed by atoms with E-state index in [1.54, 1.807) is 13.8 Å². The van der Waals surface area contributed by atoms with Gasteiger partial charge in [-0.05, 0) is 336 Å². The van der Waals surface area contributed by atoms with Crippen molar-refractivity contribution in [3.05, 3.63) is 0 Å². The predicted octanol–water partition coefficient (Wildman–Crippen LogP) is 17.9. The summed E-state index contributed by atoms with van der Waals surface area (Å²) in [7, 11) is 0. The summed E-state index contributed by atoms with van der Waals surface area (Å²) in [5, 5.41) is 32.0. The summed E-state index contributed by atoms with van der Waals surface area (Å²) >= 11 is 0. The van der Waals surface area contributed by atoms with Crippen molar-refractivity contribution in [3.63, 3.8) is 0 Å². The van der Waals surface area contributed by atoms with Gasteiger partial charge in [0.05, 0.1) is 61.8 Å². The molecule has 20 aliphatic rings. The summed E-state index contributed by atoms with van der Waals surface area (Å²) in [5.74, 6) is 6.66. The van der Waals surface area contributed by atoms with Crippen LogP contribution in [-0.4, -0.2) is 127 Å². The van der Waals surface area contributed by atoms with Gasteiger partial charge in [-0.3, -0.25) is 33.6 Å². The fourth-order valence-electron chi connectivity index (χ4n) is 24.8. The fourth-order valence-corrected chi connectivity index (χ4v) is 24.8. The Morgan fingerprint density at radius 2 is 0.795 bits per heavy atom. The molecule has 19 heteroatoms. The van der Waals surface area contributed by atoms with E-state index < -0.39 is 56.1 Å². The first-order valence-corrected chi connectivity index (χ1v) is 44.7. The minimum absolute atomic E-state index is 0.00857. The number of cyclic esters (lactones) is 1. The van der Waals surface area contributed by atoms with Gasteiger partial charge in [0.1, 0.15) is 34.6 Å². The van der Waals surface area contributed by atoms with Crippen LogP contribution >= 0.6 is 0 Å². The van der Waals surface area contributed by atoms with E-state index in [1.165, 1.54) is 77.0 Å². The molecule has 10 atom stereocenters. The van der Waals surface area contributed by atoms with Crippen molar-refractivity contribution in [2.45, 2.75) is 415 Å². The molecule has 19 nitrogen and oxygen atoms in total. The van der Waals surface area contributed by atoms with Crippen LogP contribution in [-0.2, 0) is 76.3 Å². The summed E-state index contributed by atoms with van der Waals surface area (Å²) in [6, 6.07) is 0. The van der Waals surface area contributed by atoms with E-state index in [4.69, 9.17) is 37.9 Å². The predicted molar refractivity (Wildman–Crippen MR) is 425 cm³/mol. The Kier molecular flexibility index (Phi) is 25.1. The van der Waals surface area contributed by atoms with E-state index in [2.05, 4.69) is 34.6 Å². The Balaban J connectivity index is 0.000000133. The molecule has 0 spiro atoms. The van der Waals surface area contributed by atoms with Crippen LogP contribution in [0, 0.1) is 115 Å². The van der Waals surface area contributed by atoms with Crippen LogP contribution in [0.2, 0.25) is 0 Å². The monoisotopic (exact) mass is 1570 g/mol. The maximum absolute atomic E-state index is 12.6. The third kappa shape index (κ3) is 18.0. The topological polar surface area (TPSA) is 271 Å². The second-order valence-electron chi connectivity index (χ2n) is 44.4. The third-order valence-electron chi connectivity index (χ3n) is 33.0. The first-order valence-electron chi connectivity index (χ1n) is 44.7. The standard InChI is InChI=1S/C19H32O2.C18H30O2.C16H26O4.C16H26O3.C14H20O4.C10H16O4/c1-6-17(2,3)16(20)21-18(4,5)19-10-13-7-14(11-19)9-15(8-13)12-19;1-5-17(3,4)16(19)20-18(6-2)14-8-12-7-13(10-14)11-15(18)9-12;1-4-13(2,3)12(17)20-16-7-11-5-14(18,9-16)8-15(19,6-11)10-16;1-4-14(2,3)13(17)19-16-8-11-5-12(9-16)7-15(18,6-11)10-16;1-4-14(2,3)13(16)18-10-7-5-8-9(6-7)12(15)17-11(8)10;1-4-10(2,3)9(12)14-7-5-6-13-8(7)11/h13-15H,6-12H2,1-5H3;12-15H,5-11H2,1-4H3;11,18-19H,4-10H2,1-3H3;11-12,18H,4-10H2,1-3H3;7-11H,4-6H2,1-3H3;7H,4-6H2,1-3H3. The summed E-state index contributed by atoms with van der Waals surface area (Å²) in [5.41, 5.74) is -6.03. The van der Waals surface area contributed by atoms with Gasteiger partial charge in [0.2, 0.25) is 6.10 Å². The fraction of sp³-hybridized carbons (Fsp3) is 0.914. The van der Waals surface area contributed by atoms with Crippen LogP contribution in [0.5, 0.6) is 0 Å². The zero-order chi connectivity index (χ0) is 82.6. The van der Waals surface area contributed by atoms with Gasteiger partial charge >= 0.3 is 47.8 Å². The zero-order valence-corrected chi connectivity index (χ0v) is 73.2. The summed E-state index contributed by atoms with van der Waals surface area (Å²) < 4.78 is 45.1. The lowest BCUT2D eigenvalue weighted by molar-refractivity contribution is -0.264. The van der Waals surface area contributed by atoms with E-state index in [0.29, 0.717) is 80.6 Å². The van der Waals surface area contributed by atoms with Crippen molar-refractivity contribution < 1.29 is 91.6 Å². The van der Waals surface area contributed by atoms with Crippen LogP contribution in [0.3, 0.4) is 0 Å². The Morgan fingerprint density at radius 3 is 1.22 bits per heavy atom. The van der Waals surface area contributed by atoms with Gasteiger partial charge < -0.3 is 53.2 Å². The highest BCUT2D eigenvalue weighted by Gasteiger charge is 2.68. The number of aliphatic hydroxyl groups is 3. The van der Waals surface area contributed by atoms with Crippen LogP contribution in [0.15, 0.2) is 0 Å². The lowest BCUT2D eigenvalue weighted by Gasteiger charge is -2.62. The Bertz CT molecular complexity index is 3360. The van der Waals surface area contributed by atoms with E-state index in [1.807, 2.05) is 96.9 Å². The molecule has 20 rings (SSSR count). The number of carbonyl (C=O) groups excluding carboxylic acids is 8. The zero-order valence-electron chi connectivity index (χ0n) is 73.2. The van der Waals surface area contributed by atoms with E-state index in [0.717, 1.165) is 126 Å². The van der Waals surface area contributed by atoms with Crippen LogP contribution in [0.1, 0.15) is 357 Å². The van der Waals surface area contributed by atoms with Crippen LogP contribution < -0.4 is 0 Å². The van der Waals surface area contributed by atoms with Crippen molar-refractivity contribution in [1.29, 1.82) is 0 Å². The van der Waals surface area contributed by atoms with Gasteiger partial charge in [-0.1, -0.05) is 48.5 Å². The molecule has 20 fully saturated rings. The molecule has 636 valence electrons. The summed E-state index contributed by atoms with van der Waals surface area (Å²) in [6.45, 7) is 42.1. The van der Waals surface area contributed by atoms with Crippen molar-refractivity contribution in [1.82, 2.24) is 0 Å². The Morgan fingerprint density at radius 1 is 0.402 bits per heavy atom. The van der Waals surface area contributed by atoms with Crippen molar-refractivity contribution >= 4 is 47.8 Å².